The van der Waals surface area contributed by atoms with Gasteiger partial charge >= 0.3 is 0 Å². The van der Waals surface area contributed by atoms with E-state index in [1.54, 1.807) is 19.1 Å². The Morgan fingerprint density at radius 1 is 1.32 bits per heavy atom. The van der Waals surface area contributed by atoms with E-state index < -0.39 is 10.0 Å². The van der Waals surface area contributed by atoms with E-state index in [9.17, 15) is 8.42 Å². The zero-order valence-corrected chi connectivity index (χ0v) is 12.4. The van der Waals surface area contributed by atoms with Crippen LogP contribution in [0.1, 0.15) is 19.4 Å². The number of nitrogens with zero attached hydrogens (tertiary/aromatic N) is 1. The number of aryl methyl sites for hydroxylation is 1. The van der Waals surface area contributed by atoms with Gasteiger partial charge in [-0.15, -0.1) is 6.42 Å². The molecule has 5 heteroatoms. The minimum absolute atomic E-state index is 0.332. The molecule has 1 N–H and O–H groups in total. The van der Waals surface area contributed by atoms with Gasteiger partial charge in [-0.05, 0) is 24.6 Å². The van der Waals surface area contributed by atoms with Crippen molar-refractivity contribution < 1.29 is 8.42 Å². The van der Waals surface area contributed by atoms with Crippen LogP contribution in [0.5, 0.6) is 0 Å². The molecule has 0 amide bonds. The minimum atomic E-state index is -3.44. The summed E-state index contributed by atoms with van der Waals surface area (Å²) in [6.45, 7) is 6.74. The van der Waals surface area contributed by atoms with Gasteiger partial charge in [0.1, 0.15) is 0 Å². The molecule has 0 saturated carbocycles. The van der Waals surface area contributed by atoms with Crippen molar-refractivity contribution >= 4 is 15.7 Å². The standard InChI is InChI=1S/C14H20N2O2S/c1-5-10-15-13-9-8-12(4)14(11-13)19(17,18)16(6-2)7-3/h1,8-9,11,15H,6-7,10H2,2-4H3. The summed E-state index contributed by atoms with van der Waals surface area (Å²) < 4.78 is 26.4. The summed E-state index contributed by atoms with van der Waals surface area (Å²) in [6.07, 6.45) is 5.18. The number of nitrogens with one attached hydrogen (secondary N) is 1. The molecule has 0 aliphatic carbocycles. The largest absolute Gasteiger partial charge is 0.374 e. The van der Waals surface area contributed by atoms with Crippen LogP contribution in [0, 0.1) is 19.3 Å². The quantitative estimate of drug-likeness (QED) is 0.812. The molecular formula is C14H20N2O2S. The zero-order valence-electron chi connectivity index (χ0n) is 11.6. The van der Waals surface area contributed by atoms with Crippen LogP contribution in [0.15, 0.2) is 23.1 Å². The van der Waals surface area contributed by atoms with E-state index in [1.807, 2.05) is 19.9 Å². The number of hydrogen-bond donors (Lipinski definition) is 1. The molecule has 0 aliphatic rings. The predicted octanol–water partition coefficient (Wildman–Crippen LogP) is 2.07. The molecule has 1 aromatic carbocycles. The molecule has 0 aromatic heterocycles. The monoisotopic (exact) mass is 280 g/mol. The summed E-state index contributed by atoms with van der Waals surface area (Å²) in [5.41, 5.74) is 1.45. The molecular weight excluding hydrogens is 260 g/mol. The van der Waals surface area contributed by atoms with Gasteiger partial charge in [0, 0.05) is 18.8 Å². The molecule has 0 aliphatic heterocycles. The van der Waals surface area contributed by atoms with Gasteiger partial charge in [0.2, 0.25) is 10.0 Å². The molecule has 0 saturated heterocycles. The lowest BCUT2D eigenvalue weighted by atomic mass is 10.2. The second-order valence-electron chi connectivity index (χ2n) is 4.13. The number of hydrogen-bond acceptors (Lipinski definition) is 3. The zero-order chi connectivity index (χ0) is 14.5. The van der Waals surface area contributed by atoms with E-state index in [0.29, 0.717) is 30.2 Å². The van der Waals surface area contributed by atoms with Crippen molar-refractivity contribution in [2.45, 2.75) is 25.7 Å². The van der Waals surface area contributed by atoms with E-state index >= 15 is 0 Å². The van der Waals surface area contributed by atoms with Gasteiger partial charge < -0.3 is 5.32 Å². The van der Waals surface area contributed by atoms with Crippen LogP contribution in [-0.2, 0) is 10.0 Å². The number of sulfonamides is 1. The van der Waals surface area contributed by atoms with Gasteiger partial charge in [-0.25, -0.2) is 8.42 Å². The third-order valence-corrected chi connectivity index (χ3v) is 5.10. The number of terminal acetylenes is 1. The van der Waals surface area contributed by atoms with Crippen LogP contribution < -0.4 is 5.32 Å². The van der Waals surface area contributed by atoms with Crippen LogP contribution in [0.25, 0.3) is 0 Å². The van der Waals surface area contributed by atoms with Crippen molar-refractivity contribution in [2.24, 2.45) is 0 Å². The van der Waals surface area contributed by atoms with Crippen molar-refractivity contribution in [3.05, 3.63) is 23.8 Å². The van der Waals surface area contributed by atoms with Crippen molar-refractivity contribution in [2.75, 3.05) is 25.0 Å². The first kappa shape index (κ1) is 15.5. The molecule has 0 fully saturated rings. The Morgan fingerprint density at radius 2 is 1.95 bits per heavy atom. The first-order valence-corrected chi connectivity index (χ1v) is 7.69. The molecule has 19 heavy (non-hydrogen) atoms. The highest BCUT2D eigenvalue weighted by atomic mass is 32.2. The molecule has 0 heterocycles. The van der Waals surface area contributed by atoms with Gasteiger partial charge in [0.25, 0.3) is 0 Å². The molecule has 1 rings (SSSR count). The van der Waals surface area contributed by atoms with Gasteiger partial charge in [0.15, 0.2) is 0 Å². The normalized spacial score (nSPS) is 11.3. The number of anilines is 1. The summed E-state index contributed by atoms with van der Waals surface area (Å²) in [5, 5.41) is 2.99. The average molecular weight is 280 g/mol. The van der Waals surface area contributed by atoms with E-state index in [2.05, 4.69) is 11.2 Å². The van der Waals surface area contributed by atoms with E-state index in [0.717, 1.165) is 5.56 Å². The summed E-state index contributed by atoms with van der Waals surface area (Å²) in [4.78, 5) is 0.332. The van der Waals surface area contributed by atoms with Crippen LogP contribution in [-0.4, -0.2) is 32.4 Å². The van der Waals surface area contributed by atoms with E-state index in [-0.39, 0.29) is 0 Å². The maximum Gasteiger partial charge on any atom is 0.243 e. The third kappa shape index (κ3) is 3.49. The first-order valence-electron chi connectivity index (χ1n) is 6.25. The van der Waals surface area contributed by atoms with Gasteiger partial charge in [-0.2, -0.15) is 4.31 Å². The predicted molar refractivity (Wildman–Crippen MR) is 78.6 cm³/mol. The molecule has 0 unspecified atom stereocenters. The molecule has 1 aromatic rings. The highest BCUT2D eigenvalue weighted by Gasteiger charge is 2.23. The highest BCUT2D eigenvalue weighted by molar-refractivity contribution is 7.89. The topological polar surface area (TPSA) is 49.4 Å². The third-order valence-electron chi connectivity index (χ3n) is 2.91. The molecule has 104 valence electrons. The van der Waals surface area contributed by atoms with Crippen LogP contribution in [0.4, 0.5) is 5.69 Å². The van der Waals surface area contributed by atoms with Crippen molar-refractivity contribution in [3.63, 3.8) is 0 Å². The first-order chi connectivity index (χ1) is 8.97. The summed E-state index contributed by atoms with van der Waals surface area (Å²) in [5.74, 6) is 2.46. The number of rotatable bonds is 6. The van der Waals surface area contributed by atoms with Crippen LogP contribution >= 0.6 is 0 Å². The Balaban J connectivity index is 3.22. The maximum atomic E-state index is 12.5. The Labute approximate surface area is 115 Å². The van der Waals surface area contributed by atoms with E-state index in [1.165, 1.54) is 4.31 Å². The SMILES string of the molecule is C#CCNc1ccc(C)c(S(=O)(=O)N(CC)CC)c1. The maximum absolute atomic E-state index is 12.5. The minimum Gasteiger partial charge on any atom is -0.374 e. The fourth-order valence-corrected chi connectivity index (χ4v) is 3.55. The summed E-state index contributed by atoms with van der Waals surface area (Å²) >= 11 is 0. The molecule has 4 nitrogen and oxygen atoms in total. The lowest BCUT2D eigenvalue weighted by Crippen LogP contribution is -2.31. The van der Waals surface area contributed by atoms with Crippen LogP contribution in [0.2, 0.25) is 0 Å². The van der Waals surface area contributed by atoms with Crippen molar-refractivity contribution in [1.82, 2.24) is 4.31 Å². The fraction of sp³-hybridized carbons (Fsp3) is 0.429. The molecule has 0 spiro atoms. The molecule has 0 bridgehead atoms. The Morgan fingerprint density at radius 3 is 2.47 bits per heavy atom. The second kappa shape index (κ2) is 6.60. The van der Waals surface area contributed by atoms with Gasteiger partial charge in [-0.1, -0.05) is 25.8 Å². The molecule has 0 atom stereocenters. The Kier molecular flexibility index (Phi) is 5.40. The van der Waals surface area contributed by atoms with E-state index in [4.69, 9.17) is 6.42 Å². The summed E-state index contributed by atoms with van der Waals surface area (Å²) in [7, 11) is -3.44. The number of benzene rings is 1. The summed E-state index contributed by atoms with van der Waals surface area (Å²) in [6, 6.07) is 5.25. The molecule has 0 radical (unpaired) electrons. The lowest BCUT2D eigenvalue weighted by Gasteiger charge is -2.20. The lowest BCUT2D eigenvalue weighted by molar-refractivity contribution is 0.445. The Bertz CT molecular complexity index is 570. The van der Waals surface area contributed by atoms with Gasteiger partial charge in [-0.3, -0.25) is 0 Å². The van der Waals surface area contributed by atoms with Crippen molar-refractivity contribution in [3.8, 4) is 12.3 Å². The highest BCUT2D eigenvalue weighted by Crippen LogP contribution is 2.23. The van der Waals surface area contributed by atoms with Crippen LogP contribution in [0.3, 0.4) is 0 Å². The second-order valence-corrected chi connectivity index (χ2v) is 6.03. The van der Waals surface area contributed by atoms with Crippen molar-refractivity contribution in [1.29, 1.82) is 0 Å². The van der Waals surface area contributed by atoms with Gasteiger partial charge in [0.05, 0.1) is 11.4 Å². The Hall–Kier alpha value is -1.51. The average Bonchev–Trinajstić information content (AvgIpc) is 2.38. The smallest absolute Gasteiger partial charge is 0.243 e. The fourth-order valence-electron chi connectivity index (χ4n) is 1.84.